The van der Waals surface area contributed by atoms with Gasteiger partial charge in [0, 0.05) is 44.1 Å². The Labute approximate surface area is 135 Å². The van der Waals surface area contributed by atoms with Crippen LogP contribution >= 0.6 is 0 Å². The van der Waals surface area contributed by atoms with Crippen molar-refractivity contribution < 1.29 is 9.53 Å². The van der Waals surface area contributed by atoms with Crippen molar-refractivity contribution in [3.8, 4) is 5.75 Å². The fourth-order valence-electron chi connectivity index (χ4n) is 2.71. The molecular weight excluding hydrogens is 292 g/mol. The van der Waals surface area contributed by atoms with E-state index < -0.39 is 0 Å². The van der Waals surface area contributed by atoms with Crippen molar-refractivity contribution in [2.45, 2.75) is 6.92 Å². The molecule has 0 radical (unpaired) electrons. The van der Waals surface area contributed by atoms with Gasteiger partial charge in [-0.2, -0.15) is 0 Å². The number of hydrogen-bond donors (Lipinski definition) is 0. The molecular formula is C17H20N4O2. The SMILES string of the molecule is COc1cccc(N2CCN(C(=O)c3ccnc(C)n3)CC2)c1. The van der Waals surface area contributed by atoms with E-state index in [2.05, 4.69) is 20.9 Å². The number of anilines is 1. The standard InChI is InChI=1S/C17H20N4O2/c1-13-18-7-6-16(19-13)17(22)21-10-8-20(9-11-21)14-4-3-5-15(12-14)23-2/h3-7,12H,8-11H2,1-2H3. The average Bonchev–Trinajstić information content (AvgIpc) is 2.61. The van der Waals surface area contributed by atoms with Gasteiger partial charge < -0.3 is 14.5 Å². The summed E-state index contributed by atoms with van der Waals surface area (Å²) in [4.78, 5) is 24.8. The van der Waals surface area contributed by atoms with E-state index in [1.807, 2.05) is 23.1 Å². The lowest BCUT2D eigenvalue weighted by molar-refractivity contribution is 0.0740. The highest BCUT2D eigenvalue weighted by molar-refractivity contribution is 5.92. The van der Waals surface area contributed by atoms with Crippen molar-refractivity contribution in [3.05, 3.63) is 48.0 Å². The van der Waals surface area contributed by atoms with E-state index in [9.17, 15) is 4.79 Å². The molecule has 6 nitrogen and oxygen atoms in total. The van der Waals surface area contributed by atoms with Gasteiger partial charge in [-0.1, -0.05) is 6.07 Å². The Balaban J connectivity index is 1.65. The molecule has 0 bridgehead atoms. The minimum atomic E-state index is -0.0270. The molecule has 0 spiro atoms. The molecule has 1 aromatic carbocycles. The monoisotopic (exact) mass is 312 g/mol. The minimum absolute atomic E-state index is 0.0270. The van der Waals surface area contributed by atoms with Crippen molar-refractivity contribution in [2.75, 3.05) is 38.2 Å². The van der Waals surface area contributed by atoms with Crippen LogP contribution in [0, 0.1) is 6.92 Å². The molecule has 1 amide bonds. The lowest BCUT2D eigenvalue weighted by atomic mass is 10.2. The number of rotatable bonds is 3. The molecule has 0 unspecified atom stereocenters. The number of aryl methyl sites for hydroxylation is 1. The number of carbonyl (C=O) groups excluding carboxylic acids is 1. The number of carbonyl (C=O) groups is 1. The zero-order chi connectivity index (χ0) is 16.2. The summed E-state index contributed by atoms with van der Waals surface area (Å²) in [6.07, 6.45) is 1.63. The second-order valence-electron chi connectivity index (χ2n) is 5.47. The molecule has 2 heterocycles. The van der Waals surface area contributed by atoms with E-state index in [-0.39, 0.29) is 5.91 Å². The largest absolute Gasteiger partial charge is 0.497 e. The maximum Gasteiger partial charge on any atom is 0.272 e. The van der Waals surface area contributed by atoms with Crippen LogP contribution in [0.4, 0.5) is 5.69 Å². The summed E-state index contributed by atoms with van der Waals surface area (Å²) >= 11 is 0. The van der Waals surface area contributed by atoms with Gasteiger partial charge in [0.25, 0.3) is 5.91 Å². The van der Waals surface area contributed by atoms with Crippen LogP contribution < -0.4 is 9.64 Å². The van der Waals surface area contributed by atoms with Crippen LogP contribution in [0.5, 0.6) is 5.75 Å². The molecule has 1 aromatic heterocycles. The Morgan fingerprint density at radius 2 is 1.96 bits per heavy atom. The van der Waals surface area contributed by atoms with Gasteiger partial charge in [0.05, 0.1) is 7.11 Å². The molecule has 0 saturated carbocycles. The van der Waals surface area contributed by atoms with E-state index in [4.69, 9.17) is 4.74 Å². The van der Waals surface area contributed by atoms with Crippen molar-refractivity contribution in [2.24, 2.45) is 0 Å². The predicted molar refractivity (Wildman–Crippen MR) is 87.9 cm³/mol. The number of nitrogens with zero attached hydrogens (tertiary/aromatic N) is 4. The second kappa shape index (κ2) is 6.64. The van der Waals surface area contributed by atoms with E-state index in [0.29, 0.717) is 24.6 Å². The van der Waals surface area contributed by atoms with Crippen LogP contribution in [0.15, 0.2) is 36.5 Å². The van der Waals surface area contributed by atoms with Gasteiger partial charge >= 0.3 is 0 Å². The third-order valence-electron chi connectivity index (χ3n) is 3.98. The van der Waals surface area contributed by atoms with Gasteiger partial charge in [0.15, 0.2) is 0 Å². The number of aromatic nitrogens is 2. The summed E-state index contributed by atoms with van der Waals surface area (Å²) in [6.45, 7) is 4.74. The van der Waals surface area contributed by atoms with Crippen LogP contribution in [-0.4, -0.2) is 54.1 Å². The fourth-order valence-corrected chi connectivity index (χ4v) is 2.71. The molecule has 23 heavy (non-hydrogen) atoms. The van der Waals surface area contributed by atoms with Crippen molar-refractivity contribution in [1.29, 1.82) is 0 Å². The van der Waals surface area contributed by atoms with Crippen molar-refractivity contribution >= 4 is 11.6 Å². The van der Waals surface area contributed by atoms with Gasteiger partial charge in [-0.3, -0.25) is 4.79 Å². The Kier molecular flexibility index (Phi) is 4.41. The highest BCUT2D eigenvalue weighted by Gasteiger charge is 2.23. The summed E-state index contributed by atoms with van der Waals surface area (Å²) in [5.41, 5.74) is 1.58. The Hall–Kier alpha value is -2.63. The molecule has 6 heteroatoms. The van der Waals surface area contributed by atoms with Crippen LogP contribution in [-0.2, 0) is 0 Å². The summed E-state index contributed by atoms with van der Waals surface area (Å²) < 4.78 is 5.27. The van der Waals surface area contributed by atoms with Crippen molar-refractivity contribution in [1.82, 2.24) is 14.9 Å². The summed E-state index contributed by atoms with van der Waals surface area (Å²) in [5.74, 6) is 1.43. The van der Waals surface area contributed by atoms with E-state index in [1.54, 1.807) is 26.3 Å². The van der Waals surface area contributed by atoms with Crippen molar-refractivity contribution in [3.63, 3.8) is 0 Å². The Morgan fingerprint density at radius 1 is 1.17 bits per heavy atom. The molecule has 3 rings (SSSR count). The molecule has 2 aromatic rings. The lowest BCUT2D eigenvalue weighted by Crippen LogP contribution is -2.49. The first-order valence-corrected chi connectivity index (χ1v) is 7.65. The quantitative estimate of drug-likeness (QED) is 0.864. The fraction of sp³-hybridized carbons (Fsp3) is 0.353. The Morgan fingerprint density at radius 3 is 2.65 bits per heavy atom. The minimum Gasteiger partial charge on any atom is -0.497 e. The maximum atomic E-state index is 12.5. The summed E-state index contributed by atoms with van der Waals surface area (Å²) in [5, 5.41) is 0. The zero-order valence-electron chi connectivity index (χ0n) is 13.4. The van der Waals surface area contributed by atoms with Crippen LogP contribution in [0.2, 0.25) is 0 Å². The Bertz CT molecular complexity index is 696. The third-order valence-corrected chi connectivity index (χ3v) is 3.98. The van der Waals surface area contributed by atoms with Gasteiger partial charge in [-0.25, -0.2) is 9.97 Å². The van der Waals surface area contributed by atoms with E-state index in [1.165, 1.54) is 0 Å². The first-order valence-electron chi connectivity index (χ1n) is 7.65. The number of piperazine rings is 1. The number of amides is 1. The van der Waals surface area contributed by atoms with Gasteiger partial charge in [-0.05, 0) is 25.1 Å². The molecule has 0 aliphatic carbocycles. The van der Waals surface area contributed by atoms with Crippen LogP contribution in [0.25, 0.3) is 0 Å². The topological polar surface area (TPSA) is 58.6 Å². The highest BCUT2D eigenvalue weighted by Crippen LogP contribution is 2.22. The number of methoxy groups -OCH3 is 1. The number of hydrogen-bond acceptors (Lipinski definition) is 5. The molecule has 1 aliphatic heterocycles. The second-order valence-corrected chi connectivity index (χ2v) is 5.47. The highest BCUT2D eigenvalue weighted by atomic mass is 16.5. The predicted octanol–water partition coefficient (Wildman–Crippen LogP) is 1.76. The molecule has 1 aliphatic rings. The van der Waals surface area contributed by atoms with E-state index in [0.717, 1.165) is 24.5 Å². The molecule has 120 valence electrons. The van der Waals surface area contributed by atoms with Gasteiger partial charge in [0.1, 0.15) is 17.3 Å². The van der Waals surface area contributed by atoms with Gasteiger partial charge in [0.2, 0.25) is 0 Å². The average molecular weight is 312 g/mol. The smallest absolute Gasteiger partial charge is 0.272 e. The zero-order valence-corrected chi connectivity index (χ0v) is 13.4. The number of ether oxygens (including phenoxy) is 1. The maximum absolute atomic E-state index is 12.5. The molecule has 1 saturated heterocycles. The van der Waals surface area contributed by atoms with Crippen LogP contribution in [0.1, 0.15) is 16.3 Å². The van der Waals surface area contributed by atoms with E-state index >= 15 is 0 Å². The lowest BCUT2D eigenvalue weighted by Gasteiger charge is -2.36. The number of benzene rings is 1. The molecule has 1 fully saturated rings. The molecule has 0 atom stereocenters. The molecule has 0 N–H and O–H groups in total. The summed E-state index contributed by atoms with van der Waals surface area (Å²) in [7, 11) is 1.67. The summed E-state index contributed by atoms with van der Waals surface area (Å²) in [6, 6.07) is 9.67. The normalized spacial score (nSPS) is 14.7. The van der Waals surface area contributed by atoms with Crippen LogP contribution in [0.3, 0.4) is 0 Å². The first kappa shape index (κ1) is 15.3. The third kappa shape index (κ3) is 3.41. The first-order chi connectivity index (χ1) is 11.2. The van der Waals surface area contributed by atoms with Gasteiger partial charge in [-0.15, -0.1) is 0 Å².